The van der Waals surface area contributed by atoms with Crippen LogP contribution in [0.3, 0.4) is 0 Å². The Morgan fingerprint density at radius 3 is 2.53 bits per heavy atom. The maximum atomic E-state index is 10.5. The Balaban J connectivity index is 2.42. The molecule has 0 heterocycles. The predicted molar refractivity (Wildman–Crippen MR) is 63.5 cm³/mol. The smallest absolute Gasteiger partial charge is 0.308 e. The summed E-state index contributed by atoms with van der Waals surface area (Å²) in [6, 6.07) is 7.39. The van der Waals surface area contributed by atoms with Crippen molar-refractivity contribution < 1.29 is 19.0 Å². The summed E-state index contributed by atoms with van der Waals surface area (Å²) in [5.41, 5.74) is 0.953. The van der Waals surface area contributed by atoms with Crippen molar-refractivity contribution >= 4 is 17.6 Å². The minimum absolute atomic E-state index is 0.0917. The summed E-state index contributed by atoms with van der Waals surface area (Å²) in [4.78, 5) is 10.5. The Morgan fingerprint density at radius 1 is 1.35 bits per heavy atom. The maximum Gasteiger partial charge on any atom is 0.308 e. The number of ether oxygens (including phenoxy) is 3. The van der Waals surface area contributed by atoms with Crippen molar-refractivity contribution in [2.24, 2.45) is 0 Å². The van der Waals surface area contributed by atoms with Crippen LogP contribution in [0.5, 0.6) is 5.75 Å². The molecular formula is C12H13ClO4. The zero-order valence-corrected chi connectivity index (χ0v) is 10.4. The van der Waals surface area contributed by atoms with E-state index in [1.54, 1.807) is 7.11 Å². The second-order valence-corrected chi connectivity index (χ2v) is 3.55. The summed E-state index contributed by atoms with van der Waals surface area (Å²) in [6.07, 6.45) is 1.19. The Bertz CT molecular complexity index is 397. The third-order valence-electron chi connectivity index (χ3n) is 1.83. The molecule has 17 heavy (non-hydrogen) atoms. The number of hydrogen-bond acceptors (Lipinski definition) is 4. The third-order valence-corrected chi connectivity index (χ3v) is 1.99. The molecule has 92 valence electrons. The second-order valence-electron chi connectivity index (χ2n) is 3.17. The molecule has 0 atom stereocenters. The van der Waals surface area contributed by atoms with Gasteiger partial charge in [0.05, 0.1) is 7.11 Å². The predicted octanol–water partition coefficient (Wildman–Crippen LogP) is 2.81. The van der Waals surface area contributed by atoms with Gasteiger partial charge in [-0.05, 0) is 29.3 Å². The molecule has 0 fully saturated rings. The first-order valence-electron chi connectivity index (χ1n) is 4.90. The molecule has 1 aromatic rings. The molecule has 0 N–H and O–H groups in total. The molecule has 1 aromatic carbocycles. The van der Waals surface area contributed by atoms with Crippen LogP contribution in [-0.2, 0) is 20.9 Å². The molecule has 0 radical (unpaired) electrons. The fourth-order valence-electron chi connectivity index (χ4n) is 1.09. The molecular weight excluding hydrogens is 244 g/mol. The highest BCUT2D eigenvalue weighted by Gasteiger charge is 1.98. The van der Waals surface area contributed by atoms with Crippen molar-refractivity contribution in [3.63, 3.8) is 0 Å². The van der Waals surface area contributed by atoms with E-state index < -0.39 is 5.97 Å². The average Bonchev–Trinajstić information content (AvgIpc) is 2.29. The van der Waals surface area contributed by atoms with Gasteiger partial charge < -0.3 is 14.2 Å². The minimum Gasteiger partial charge on any atom is -0.497 e. The molecule has 5 heteroatoms. The number of carbonyl (C=O) groups excluding carboxylic acids is 1. The highest BCUT2D eigenvalue weighted by Crippen LogP contribution is 2.12. The monoisotopic (exact) mass is 256 g/mol. The number of rotatable bonds is 5. The molecule has 0 aromatic heterocycles. The highest BCUT2D eigenvalue weighted by molar-refractivity contribution is 6.28. The molecule has 0 saturated carbocycles. The molecule has 0 spiro atoms. The van der Waals surface area contributed by atoms with E-state index in [0.717, 1.165) is 11.3 Å². The van der Waals surface area contributed by atoms with Crippen molar-refractivity contribution in [2.75, 3.05) is 7.11 Å². The van der Waals surface area contributed by atoms with E-state index >= 15 is 0 Å². The van der Waals surface area contributed by atoms with Gasteiger partial charge in [-0.1, -0.05) is 12.1 Å². The Hall–Kier alpha value is -1.68. The van der Waals surface area contributed by atoms with E-state index in [-0.39, 0.29) is 5.22 Å². The van der Waals surface area contributed by atoms with Gasteiger partial charge in [0.2, 0.25) is 5.22 Å². The summed E-state index contributed by atoms with van der Waals surface area (Å²) in [7, 11) is 1.60. The van der Waals surface area contributed by atoms with Gasteiger partial charge >= 0.3 is 5.97 Å². The Morgan fingerprint density at radius 2 is 2.00 bits per heavy atom. The first kappa shape index (κ1) is 13.4. The van der Waals surface area contributed by atoms with E-state index in [2.05, 4.69) is 4.74 Å². The second kappa shape index (κ2) is 6.81. The highest BCUT2D eigenvalue weighted by atomic mass is 35.5. The standard InChI is InChI=1S/C12H13ClO4/c1-9(14)17-12(13)8-16-7-10-3-5-11(15-2)6-4-10/h3-6,8H,7H2,1-2H3/b12-8+. The van der Waals surface area contributed by atoms with Crippen molar-refractivity contribution in [3.8, 4) is 5.75 Å². The van der Waals surface area contributed by atoms with E-state index in [0.29, 0.717) is 6.61 Å². The molecule has 1 rings (SSSR count). The summed E-state index contributed by atoms with van der Waals surface area (Å²) in [5.74, 6) is 0.293. The van der Waals surface area contributed by atoms with Crippen molar-refractivity contribution in [2.45, 2.75) is 13.5 Å². The lowest BCUT2D eigenvalue weighted by Gasteiger charge is -2.04. The van der Waals surface area contributed by atoms with Gasteiger partial charge in [0, 0.05) is 6.92 Å². The number of benzene rings is 1. The molecule has 0 amide bonds. The van der Waals surface area contributed by atoms with E-state index in [9.17, 15) is 4.79 Å². The quantitative estimate of drug-likeness (QED) is 0.600. The zero-order chi connectivity index (χ0) is 12.7. The SMILES string of the molecule is COc1ccc(CO/C=C(\Cl)OC(C)=O)cc1. The molecule has 0 unspecified atom stereocenters. The summed E-state index contributed by atoms with van der Waals surface area (Å²) >= 11 is 5.56. The molecule has 0 aliphatic carbocycles. The first-order valence-corrected chi connectivity index (χ1v) is 5.28. The van der Waals surface area contributed by atoms with Gasteiger partial charge in [0.25, 0.3) is 0 Å². The topological polar surface area (TPSA) is 44.8 Å². The zero-order valence-electron chi connectivity index (χ0n) is 9.60. The van der Waals surface area contributed by atoms with Crippen LogP contribution in [0.25, 0.3) is 0 Å². The number of esters is 1. The molecule has 4 nitrogen and oxygen atoms in total. The van der Waals surface area contributed by atoms with Crippen molar-refractivity contribution in [1.29, 1.82) is 0 Å². The fraction of sp³-hybridized carbons (Fsp3) is 0.250. The van der Waals surface area contributed by atoms with E-state index in [1.165, 1.54) is 13.2 Å². The number of hydrogen-bond donors (Lipinski definition) is 0. The normalized spacial score (nSPS) is 10.9. The van der Waals surface area contributed by atoms with Gasteiger partial charge in [-0.3, -0.25) is 4.79 Å². The van der Waals surface area contributed by atoms with Crippen LogP contribution in [0, 0.1) is 0 Å². The summed E-state index contributed by atoms with van der Waals surface area (Å²) in [6.45, 7) is 1.60. The van der Waals surface area contributed by atoms with Gasteiger partial charge in [-0.15, -0.1) is 0 Å². The van der Waals surface area contributed by atoms with Crippen LogP contribution < -0.4 is 4.74 Å². The van der Waals surface area contributed by atoms with Gasteiger partial charge in [0.15, 0.2) is 0 Å². The van der Waals surface area contributed by atoms with Crippen LogP contribution >= 0.6 is 11.6 Å². The van der Waals surface area contributed by atoms with Gasteiger partial charge in [-0.2, -0.15) is 0 Å². The lowest BCUT2D eigenvalue weighted by atomic mass is 10.2. The van der Waals surface area contributed by atoms with Gasteiger partial charge in [0.1, 0.15) is 18.6 Å². The average molecular weight is 257 g/mol. The van der Waals surface area contributed by atoms with Crippen LogP contribution in [0.2, 0.25) is 0 Å². The lowest BCUT2D eigenvalue weighted by Crippen LogP contribution is -1.95. The summed E-state index contributed by atoms with van der Waals surface area (Å²) in [5, 5.41) is -0.0917. The van der Waals surface area contributed by atoms with Crippen molar-refractivity contribution in [1.82, 2.24) is 0 Å². The van der Waals surface area contributed by atoms with E-state index in [1.807, 2.05) is 24.3 Å². The van der Waals surface area contributed by atoms with Crippen molar-refractivity contribution in [3.05, 3.63) is 41.3 Å². The largest absolute Gasteiger partial charge is 0.497 e. The van der Waals surface area contributed by atoms with Crippen LogP contribution in [0.4, 0.5) is 0 Å². The minimum atomic E-state index is -0.487. The van der Waals surface area contributed by atoms with Crippen LogP contribution in [0.15, 0.2) is 35.7 Å². The Kier molecular flexibility index (Phi) is 5.36. The fourth-order valence-corrected chi connectivity index (χ4v) is 1.26. The number of methoxy groups -OCH3 is 1. The maximum absolute atomic E-state index is 10.5. The lowest BCUT2D eigenvalue weighted by molar-refractivity contribution is -0.136. The van der Waals surface area contributed by atoms with Gasteiger partial charge in [-0.25, -0.2) is 0 Å². The molecule has 0 aliphatic rings. The number of carbonyl (C=O) groups is 1. The first-order chi connectivity index (χ1) is 8.11. The molecule has 0 saturated heterocycles. The molecule has 0 bridgehead atoms. The van der Waals surface area contributed by atoms with E-state index in [4.69, 9.17) is 21.1 Å². The number of halogens is 1. The third kappa shape index (κ3) is 5.26. The van der Waals surface area contributed by atoms with Crippen LogP contribution in [-0.4, -0.2) is 13.1 Å². The summed E-state index contributed by atoms with van der Waals surface area (Å²) < 4.78 is 14.7. The van der Waals surface area contributed by atoms with Crippen LogP contribution in [0.1, 0.15) is 12.5 Å². The molecule has 0 aliphatic heterocycles. The Labute approximate surface area is 105 Å².